The van der Waals surface area contributed by atoms with Crippen LogP contribution in [-0.2, 0) is 12.8 Å². The lowest BCUT2D eigenvalue weighted by Gasteiger charge is -2.42. The smallest absolute Gasteiger partial charge is 0.166 e. The molecular weight excluding hydrogens is 342 g/mol. The van der Waals surface area contributed by atoms with Crippen molar-refractivity contribution >= 4 is 0 Å². The van der Waals surface area contributed by atoms with Gasteiger partial charge in [-0.25, -0.2) is 0 Å². The number of aromatic hydroxyl groups is 1. The second kappa shape index (κ2) is 6.97. The van der Waals surface area contributed by atoms with Gasteiger partial charge >= 0.3 is 0 Å². The molecule has 0 radical (unpaired) electrons. The van der Waals surface area contributed by atoms with Gasteiger partial charge in [0.25, 0.3) is 0 Å². The van der Waals surface area contributed by atoms with Crippen LogP contribution in [-0.4, -0.2) is 44.4 Å². The first-order valence-corrected chi connectivity index (χ1v) is 9.54. The molecule has 0 unspecified atom stereocenters. The molecule has 2 aromatic rings. The van der Waals surface area contributed by atoms with E-state index in [9.17, 15) is 5.11 Å². The number of phenolic OH excluding ortho intramolecular Hbond substituents is 1. The molecule has 2 aliphatic rings. The lowest BCUT2D eigenvalue weighted by atomic mass is 9.76. The van der Waals surface area contributed by atoms with E-state index in [2.05, 4.69) is 17.9 Å². The van der Waals surface area contributed by atoms with E-state index in [4.69, 9.17) is 14.2 Å². The second-order valence-corrected chi connectivity index (χ2v) is 7.25. The molecule has 144 valence electrons. The number of hydrogen-bond acceptors (Lipinski definition) is 5. The van der Waals surface area contributed by atoms with Crippen molar-refractivity contribution in [1.82, 2.24) is 4.90 Å². The fraction of sp³-hybridized carbons (Fsp3) is 0.455. The lowest BCUT2D eigenvalue weighted by molar-refractivity contribution is 0.182. The van der Waals surface area contributed by atoms with Gasteiger partial charge in [0, 0.05) is 18.2 Å². The van der Waals surface area contributed by atoms with Gasteiger partial charge < -0.3 is 19.3 Å². The Hall–Kier alpha value is -2.40. The first-order valence-electron chi connectivity index (χ1n) is 9.54. The van der Waals surface area contributed by atoms with Gasteiger partial charge in [0.05, 0.1) is 21.3 Å². The van der Waals surface area contributed by atoms with Crippen LogP contribution in [0.4, 0.5) is 0 Å². The first-order chi connectivity index (χ1) is 13.1. The highest BCUT2D eigenvalue weighted by atomic mass is 16.5. The number of ether oxygens (including phenoxy) is 3. The molecule has 5 heteroatoms. The third-order valence-corrected chi connectivity index (χ3v) is 5.86. The number of nitrogens with zero attached hydrogens (tertiary/aromatic N) is 1. The van der Waals surface area contributed by atoms with Crippen LogP contribution in [0.2, 0.25) is 0 Å². The largest absolute Gasteiger partial charge is 0.504 e. The van der Waals surface area contributed by atoms with Crippen molar-refractivity contribution in [2.45, 2.75) is 32.2 Å². The molecule has 0 aromatic heterocycles. The Bertz CT molecular complexity index is 877. The zero-order valence-electron chi connectivity index (χ0n) is 16.5. The maximum absolute atomic E-state index is 11.0. The van der Waals surface area contributed by atoms with Crippen molar-refractivity contribution < 1.29 is 19.3 Å². The Morgan fingerprint density at radius 3 is 2.33 bits per heavy atom. The van der Waals surface area contributed by atoms with Gasteiger partial charge in [0.15, 0.2) is 23.0 Å². The molecule has 1 atom stereocenters. The quantitative estimate of drug-likeness (QED) is 0.865. The summed E-state index contributed by atoms with van der Waals surface area (Å²) in [5, 5.41) is 11.0. The van der Waals surface area contributed by atoms with E-state index in [-0.39, 0.29) is 11.8 Å². The van der Waals surface area contributed by atoms with E-state index in [0.29, 0.717) is 11.5 Å². The average molecular weight is 369 g/mol. The topological polar surface area (TPSA) is 51.2 Å². The monoisotopic (exact) mass is 369 g/mol. The third kappa shape index (κ3) is 2.72. The minimum atomic E-state index is 0.216. The highest BCUT2D eigenvalue weighted by molar-refractivity contribution is 5.84. The Kier molecular flexibility index (Phi) is 4.64. The van der Waals surface area contributed by atoms with Gasteiger partial charge in [-0.3, -0.25) is 4.90 Å². The van der Waals surface area contributed by atoms with Crippen LogP contribution in [0.1, 0.15) is 36.1 Å². The molecule has 5 nitrogen and oxygen atoms in total. The summed E-state index contributed by atoms with van der Waals surface area (Å²) in [6.45, 7) is 4.30. The van der Waals surface area contributed by atoms with Gasteiger partial charge in [-0.15, -0.1) is 0 Å². The summed E-state index contributed by atoms with van der Waals surface area (Å²) < 4.78 is 16.5. The van der Waals surface area contributed by atoms with Gasteiger partial charge in [-0.1, -0.05) is 6.92 Å². The van der Waals surface area contributed by atoms with Crippen molar-refractivity contribution in [3.63, 3.8) is 0 Å². The Labute approximate surface area is 160 Å². The number of rotatable bonds is 5. The molecule has 1 N–H and O–H groups in total. The Morgan fingerprint density at radius 1 is 1.00 bits per heavy atom. The van der Waals surface area contributed by atoms with Crippen LogP contribution in [0, 0.1) is 0 Å². The minimum Gasteiger partial charge on any atom is -0.504 e. The predicted octanol–water partition coefficient (Wildman–Crippen LogP) is 3.95. The highest BCUT2D eigenvalue weighted by Gasteiger charge is 2.37. The molecule has 0 amide bonds. The van der Waals surface area contributed by atoms with E-state index in [1.807, 2.05) is 12.1 Å². The van der Waals surface area contributed by atoms with Crippen LogP contribution in [0.5, 0.6) is 23.0 Å². The summed E-state index contributed by atoms with van der Waals surface area (Å²) >= 11 is 0. The highest BCUT2D eigenvalue weighted by Crippen LogP contribution is 2.53. The SMILES string of the molecule is CCCN1CCc2cc(OC)c(O)c3c2[C@H]1Cc1cc(OC)c(OC)cc1-3. The Balaban J connectivity index is 1.99. The molecule has 1 heterocycles. The van der Waals surface area contributed by atoms with Crippen LogP contribution < -0.4 is 14.2 Å². The summed E-state index contributed by atoms with van der Waals surface area (Å²) in [5.74, 6) is 2.15. The third-order valence-electron chi connectivity index (χ3n) is 5.86. The normalized spacial score (nSPS) is 17.9. The zero-order chi connectivity index (χ0) is 19.1. The van der Waals surface area contributed by atoms with Crippen molar-refractivity contribution in [3.05, 3.63) is 34.9 Å². The number of benzene rings is 2. The Morgan fingerprint density at radius 2 is 1.67 bits per heavy atom. The van der Waals surface area contributed by atoms with Gasteiger partial charge in [0.1, 0.15) is 0 Å². The van der Waals surface area contributed by atoms with Crippen molar-refractivity contribution in [2.75, 3.05) is 34.4 Å². The standard InChI is InChI=1S/C22H27NO4/c1-5-7-23-8-6-13-10-19(27-4)22(24)21-15-12-18(26-3)17(25-2)11-14(15)9-16(23)20(13)21/h10-12,16,24H,5-9H2,1-4H3/t16-/m1/s1. The maximum atomic E-state index is 11.0. The minimum absolute atomic E-state index is 0.216. The molecule has 0 saturated carbocycles. The van der Waals surface area contributed by atoms with E-state index < -0.39 is 0 Å². The van der Waals surface area contributed by atoms with Gasteiger partial charge in [-0.2, -0.15) is 0 Å². The molecular formula is C22H27NO4. The van der Waals surface area contributed by atoms with Crippen molar-refractivity contribution in [2.24, 2.45) is 0 Å². The zero-order valence-corrected chi connectivity index (χ0v) is 16.5. The predicted molar refractivity (Wildman–Crippen MR) is 105 cm³/mol. The van der Waals surface area contributed by atoms with Gasteiger partial charge in [0.2, 0.25) is 0 Å². The first kappa shape index (κ1) is 18.0. The van der Waals surface area contributed by atoms with E-state index >= 15 is 0 Å². The molecule has 1 aliphatic carbocycles. The van der Waals surface area contributed by atoms with E-state index in [0.717, 1.165) is 49.2 Å². The fourth-order valence-electron chi connectivity index (χ4n) is 4.65. The molecule has 0 bridgehead atoms. The molecule has 27 heavy (non-hydrogen) atoms. The maximum Gasteiger partial charge on any atom is 0.166 e. The number of hydrogen-bond donors (Lipinski definition) is 1. The molecule has 0 fully saturated rings. The van der Waals surface area contributed by atoms with Crippen LogP contribution in [0.15, 0.2) is 18.2 Å². The van der Waals surface area contributed by atoms with Crippen LogP contribution in [0.3, 0.4) is 0 Å². The summed E-state index contributed by atoms with van der Waals surface area (Å²) in [5.41, 5.74) is 5.58. The number of fused-ring (bicyclic) bond motifs is 2. The van der Waals surface area contributed by atoms with E-state index in [1.54, 1.807) is 21.3 Å². The summed E-state index contributed by atoms with van der Waals surface area (Å²) in [4.78, 5) is 2.54. The average Bonchev–Trinajstić information content (AvgIpc) is 2.70. The molecule has 2 aromatic carbocycles. The van der Waals surface area contributed by atoms with Crippen molar-refractivity contribution in [3.8, 4) is 34.1 Å². The fourth-order valence-corrected chi connectivity index (χ4v) is 4.65. The summed E-state index contributed by atoms with van der Waals surface area (Å²) in [6.07, 6.45) is 2.99. The van der Waals surface area contributed by atoms with Crippen LogP contribution in [0.25, 0.3) is 11.1 Å². The number of phenols is 1. The molecule has 4 rings (SSSR count). The van der Waals surface area contributed by atoms with Crippen molar-refractivity contribution in [1.29, 1.82) is 0 Å². The molecule has 0 spiro atoms. The summed E-state index contributed by atoms with van der Waals surface area (Å²) in [7, 11) is 4.90. The lowest BCUT2D eigenvalue weighted by Crippen LogP contribution is -2.38. The summed E-state index contributed by atoms with van der Waals surface area (Å²) in [6, 6.07) is 6.31. The van der Waals surface area contributed by atoms with Gasteiger partial charge in [-0.05, 0) is 66.3 Å². The second-order valence-electron chi connectivity index (χ2n) is 7.25. The molecule has 1 aliphatic heterocycles. The van der Waals surface area contributed by atoms with E-state index in [1.165, 1.54) is 16.7 Å². The molecule has 0 saturated heterocycles. The number of methoxy groups -OCH3 is 3. The van der Waals surface area contributed by atoms with Crippen LogP contribution >= 0.6 is 0 Å².